The topological polar surface area (TPSA) is 91.2 Å². The molecule has 1 atom stereocenters. The van der Waals surface area contributed by atoms with E-state index in [-0.39, 0.29) is 25.6 Å². The Kier molecular flexibility index (Phi) is 6.43. The van der Waals surface area contributed by atoms with Crippen molar-refractivity contribution in [1.82, 2.24) is 19.9 Å². The summed E-state index contributed by atoms with van der Waals surface area (Å²) in [6.45, 7) is 2.91. The van der Waals surface area contributed by atoms with Gasteiger partial charge in [0, 0.05) is 44.9 Å². The molecule has 0 saturated carbocycles. The van der Waals surface area contributed by atoms with Crippen LogP contribution in [-0.2, 0) is 4.74 Å². The summed E-state index contributed by atoms with van der Waals surface area (Å²) >= 11 is 0. The highest BCUT2D eigenvalue weighted by molar-refractivity contribution is 5.87. The van der Waals surface area contributed by atoms with Crippen molar-refractivity contribution in [1.29, 1.82) is 0 Å². The highest BCUT2D eigenvalue weighted by Gasteiger charge is 2.34. The first-order valence-corrected chi connectivity index (χ1v) is 10.4. The quantitative estimate of drug-likeness (QED) is 0.649. The van der Waals surface area contributed by atoms with Crippen LogP contribution in [0.25, 0.3) is 0 Å². The lowest BCUT2D eigenvalue weighted by atomic mass is 10.0. The summed E-state index contributed by atoms with van der Waals surface area (Å²) in [5.74, 6) is -3.05. The number of aromatic nitrogens is 2. The number of nitrogens with zero attached hydrogens (tertiary/aromatic N) is 6. The van der Waals surface area contributed by atoms with E-state index in [2.05, 4.69) is 15.1 Å². The van der Waals surface area contributed by atoms with Crippen LogP contribution in [0.2, 0.25) is 0 Å². The van der Waals surface area contributed by atoms with Gasteiger partial charge in [-0.3, -0.25) is 0 Å². The standard InChI is InChI=1S/C21H21F3N6O3/c1-2-33-19(31)18-16(24)12-25-20(27-18)28-5-7-29(8-6-28)21(32)30-17(3-4-26-30)13-9-14(22)11-15(23)10-13/h4,9-12,17H,2-3,5-8H2,1H3/t17-/m0/s1. The number of anilines is 1. The number of hydrazone groups is 1. The van der Waals surface area contributed by atoms with Crippen molar-refractivity contribution < 1.29 is 27.5 Å². The van der Waals surface area contributed by atoms with Gasteiger partial charge in [-0.2, -0.15) is 5.10 Å². The van der Waals surface area contributed by atoms with Gasteiger partial charge in [-0.05, 0) is 24.6 Å². The van der Waals surface area contributed by atoms with Gasteiger partial charge in [-0.15, -0.1) is 0 Å². The highest BCUT2D eigenvalue weighted by atomic mass is 19.1. The van der Waals surface area contributed by atoms with Gasteiger partial charge in [0.25, 0.3) is 0 Å². The molecule has 0 bridgehead atoms. The Bertz CT molecular complexity index is 1070. The van der Waals surface area contributed by atoms with Crippen LogP contribution in [0, 0.1) is 17.5 Å². The smallest absolute Gasteiger partial charge is 0.360 e. The van der Waals surface area contributed by atoms with Crippen LogP contribution in [0.3, 0.4) is 0 Å². The summed E-state index contributed by atoms with van der Waals surface area (Å²) in [6.07, 6.45) is 2.79. The number of amides is 2. The van der Waals surface area contributed by atoms with E-state index in [0.29, 0.717) is 25.1 Å². The van der Waals surface area contributed by atoms with Gasteiger partial charge >= 0.3 is 12.0 Å². The van der Waals surface area contributed by atoms with E-state index >= 15 is 0 Å². The van der Waals surface area contributed by atoms with E-state index in [1.807, 2.05) is 0 Å². The Morgan fingerprint density at radius 1 is 1.09 bits per heavy atom. The third kappa shape index (κ3) is 4.73. The molecule has 0 radical (unpaired) electrons. The molecule has 9 nitrogen and oxygen atoms in total. The average Bonchev–Trinajstić information content (AvgIpc) is 3.28. The molecule has 12 heteroatoms. The number of rotatable bonds is 4. The molecule has 2 aliphatic rings. The summed E-state index contributed by atoms with van der Waals surface area (Å²) < 4.78 is 46.0. The molecule has 0 aliphatic carbocycles. The van der Waals surface area contributed by atoms with Crippen LogP contribution < -0.4 is 4.90 Å². The molecule has 1 aromatic heterocycles. The van der Waals surface area contributed by atoms with Crippen LogP contribution in [0.5, 0.6) is 0 Å². The lowest BCUT2D eigenvalue weighted by Gasteiger charge is -2.37. The van der Waals surface area contributed by atoms with Crippen molar-refractivity contribution in [2.75, 3.05) is 37.7 Å². The number of urea groups is 1. The lowest BCUT2D eigenvalue weighted by molar-refractivity contribution is 0.0513. The van der Waals surface area contributed by atoms with Gasteiger partial charge in [-0.1, -0.05) is 0 Å². The molecular weight excluding hydrogens is 441 g/mol. The van der Waals surface area contributed by atoms with E-state index in [4.69, 9.17) is 4.74 Å². The number of hydrogen-bond acceptors (Lipinski definition) is 7. The fourth-order valence-corrected chi connectivity index (χ4v) is 3.74. The zero-order valence-electron chi connectivity index (χ0n) is 17.7. The summed E-state index contributed by atoms with van der Waals surface area (Å²) in [7, 11) is 0. The minimum Gasteiger partial charge on any atom is -0.461 e. The van der Waals surface area contributed by atoms with Crippen molar-refractivity contribution in [2.45, 2.75) is 19.4 Å². The largest absolute Gasteiger partial charge is 0.461 e. The van der Waals surface area contributed by atoms with Crippen LogP contribution in [-0.4, -0.2) is 70.9 Å². The number of esters is 1. The molecule has 1 saturated heterocycles. The van der Waals surface area contributed by atoms with E-state index < -0.39 is 41.2 Å². The Morgan fingerprint density at radius 2 is 1.79 bits per heavy atom. The van der Waals surface area contributed by atoms with Crippen molar-refractivity contribution in [3.05, 3.63) is 53.1 Å². The lowest BCUT2D eigenvalue weighted by Crippen LogP contribution is -2.52. The maximum atomic E-state index is 13.9. The number of hydrogen-bond donors (Lipinski definition) is 0. The molecule has 1 aromatic carbocycles. The molecule has 0 unspecified atom stereocenters. The van der Waals surface area contributed by atoms with Crippen LogP contribution >= 0.6 is 0 Å². The molecule has 2 aromatic rings. The number of carbonyl (C=O) groups is 2. The Labute approximate surface area is 187 Å². The molecule has 2 aliphatic heterocycles. The third-order valence-corrected chi connectivity index (χ3v) is 5.33. The zero-order valence-corrected chi connectivity index (χ0v) is 17.7. The Morgan fingerprint density at radius 3 is 2.45 bits per heavy atom. The maximum Gasteiger partial charge on any atom is 0.360 e. The van der Waals surface area contributed by atoms with Crippen molar-refractivity contribution in [3.63, 3.8) is 0 Å². The second-order valence-electron chi connectivity index (χ2n) is 7.44. The Hall–Kier alpha value is -3.70. The molecule has 0 N–H and O–H groups in total. The van der Waals surface area contributed by atoms with Gasteiger partial charge < -0.3 is 14.5 Å². The molecule has 1 fully saturated rings. The number of piperazine rings is 1. The molecule has 2 amide bonds. The predicted octanol–water partition coefficient (Wildman–Crippen LogP) is 2.75. The highest BCUT2D eigenvalue weighted by Crippen LogP contribution is 2.30. The normalized spacial score (nSPS) is 18.1. The first kappa shape index (κ1) is 22.5. The second-order valence-corrected chi connectivity index (χ2v) is 7.44. The molecule has 4 rings (SSSR count). The Balaban J connectivity index is 1.42. The molecule has 0 spiro atoms. The molecule has 33 heavy (non-hydrogen) atoms. The van der Waals surface area contributed by atoms with Crippen molar-refractivity contribution >= 4 is 24.2 Å². The van der Waals surface area contributed by atoms with Gasteiger partial charge in [0.15, 0.2) is 11.5 Å². The third-order valence-electron chi connectivity index (χ3n) is 5.33. The summed E-state index contributed by atoms with van der Waals surface area (Å²) in [5.41, 5.74) is -0.125. The van der Waals surface area contributed by atoms with Gasteiger partial charge in [0.2, 0.25) is 5.95 Å². The van der Waals surface area contributed by atoms with Crippen LogP contribution in [0.4, 0.5) is 23.9 Å². The van der Waals surface area contributed by atoms with E-state index in [1.165, 1.54) is 23.4 Å². The van der Waals surface area contributed by atoms with Crippen molar-refractivity contribution in [2.24, 2.45) is 5.10 Å². The summed E-state index contributed by atoms with van der Waals surface area (Å²) in [5, 5.41) is 5.32. The molecule has 3 heterocycles. The first-order valence-electron chi connectivity index (χ1n) is 10.4. The average molecular weight is 462 g/mol. The number of ether oxygens (including phenoxy) is 1. The number of halogens is 3. The number of benzene rings is 1. The maximum absolute atomic E-state index is 13.9. The summed E-state index contributed by atoms with van der Waals surface area (Å²) in [6, 6.07) is 2.15. The van der Waals surface area contributed by atoms with Crippen LogP contribution in [0.1, 0.15) is 35.4 Å². The van der Waals surface area contributed by atoms with Gasteiger partial charge in [0.05, 0.1) is 18.8 Å². The van der Waals surface area contributed by atoms with Gasteiger partial charge in [-0.25, -0.2) is 37.7 Å². The first-order chi connectivity index (χ1) is 15.9. The fourth-order valence-electron chi connectivity index (χ4n) is 3.74. The minimum absolute atomic E-state index is 0.0840. The molecular formula is C21H21F3N6O3. The zero-order chi connectivity index (χ0) is 23.5. The van der Waals surface area contributed by atoms with E-state index in [1.54, 1.807) is 16.7 Å². The number of carbonyl (C=O) groups excluding carboxylic acids is 2. The minimum atomic E-state index is -0.877. The second kappa shape index (κ2) is 9.43. The predicted molar refractivity (Wildman–Crippen MR) is 111 cm³/mol. The summed E-state index contributed by atoms with van der Waals surface area (Å²) in [4.78, 5) is 36.1. The van der Waals surface area contributed by atoms with Crippen LogP contribution in [0.15, 0.2) is 29.5 Å². The monoisotopic (exact) mass is 462 g/mol. The van der Waals surface area contributed by atoms with Crippen molar-refractivity contribution in [3.8, 4) is 0 Å². The molecule has 174 valence electrons. The van der Waals surface area contributed by atoms with E-state index in [0.717, 1.165) is 12.3 Å². The van der Waals surface area contributed by atoms with Gasteiger partial charge in [0.1, 0.15) is 11.6 Å². The van der Waals surface area contributed by atoms with E-state index in [9.17, 15) is 22.8 Å². The fraction of sp³-hybridized carbons (Fsp3) is 0.381. The SMILES string of the molecule is CCOC(=O)c1nc(N2CCN(C(=O)N3N=CC[C@H]3c3cc(F)cc(F)c3)CC2)ncc1F.